The summed E-state index contributed by atoms with van der Waals surface area (Å²) in [5.41, 5.74) is 4.20. The van der Waals surface area contributed by atoms with Crippen LogP contribution in [0.3, 0.4) is 0 Å². The summed E-state index contributed by atoms with van der Waals surface area (Å²) in [6.45, 7) is 6.48. The molecule has 2 aromatic carbocycles. The van der Waals surface area contributed by atoms with Gasteiger partial charge in [-0.2, -0.15) is 0 Å². The molecule has 1 aliphatic heterocycles. The van der Waals surface area contributed by atoms with Gasteiger partial charge in [-0.15, -0.1) is 0 Å². The maximum atomic E-state index is 10.5. The monoisotopic (exact) mass is 501 g/mol. The molecule has 7 heteroatoms. The number of H-pyrrole nitrogens is 1. The largest absolute Gasteiger partial charge is 0.391 e. The van der Waals surface area contributed by atoms with Gasteiger partial charge in [-0.05, 0) is 79.8 Å². The first-order valence-electron chi connectivity index (χ1n) is 11.6. The van der Waals surface area contributed by atoms with Crippen LogP contribution in [0.25, 0.3) is 22.6 Å². The van der Waals surface area contributed by atoms with Gasteiger partial charge in [0.2, 0.25) is 0 Å². The number of rotatable bonds is 6. The van der Waals surface area contributed by atoms with E-state index in [1.54, 1.807) is 11.9 Å². The Morgan fingerprint density at radius 2 is 1.85 bits per heavy atom. The number of aromatic amines is 1. The zero-order chi connectivity index (χ0) is 23.3. The van der Waals surface area contributed by atoms with Crippen molar-refractivity contribution in [3.8, 4) is 22.6 Å². The summed E-state index contributed by atoms with van der Waals surface area (Å²) >= 11 is 14.8. The molecule has 3 unspecified atom stereocenters. The van der Waals surface area contributed by atoms with E-state index >= 15 is 0 Å². The van der Waals surface area contributed by atoms with E-state index in [2.05, 4.69) is 53.2 Å². The number of aromatic nitrogens is 2. The number of nitrogens with one attached hydrogen (secondary N) is 1. The molecule has 1 saturated heterocycles. The van der Waals surface area contributed by atoms with E-state index in [-0.39, 0.29) is 18.2 Å². The number of aliphatic hydroxyl groups excluding tert-OH is 1. The van der Waals surface area contributed by atoms with Crippen LogP contribution in [0.1, 0.15) is 51.5 Å². The molecule has 1 saturated carbocycles. The van der Waals surface area contributed by atoms with Crippen molar-refractivity contribution in [2.75, 3.05) is 0 Å². The fourth-order valence-corrected chi connectivity index (χ4v) is 6.70. The molecule has 174 valence electrons. The average Bonchev–Trinajstić information content (AvgIpc) is 3.41. The predicted molar refractivity (Wildman–Crippen MR) is 138 cm³/mol. The topological polar surface area (TPSA) is 52.1 Å². The first-order chi connectivity index (χ1) is 15.8. The van der Waals surface area contributed by atoms with Crippen LogP contribution in [0.4, 0.5) is 0 Å². The van der Waals surface area contributed by atoms with E-state index < -0.39 is 0 Å². The second kappa shape index (κ2) is 9.27. The van der Waals surface area contributed by atoms with Gasteiger partial charge in [0.05, 0.1) is 23.0 Å². The standard InChI is InChI=1S/C26H29Cl2N3OS/c1-14(2)25-23(32)10-15(3)31(25)33-24-12-18(7-9-20(24)27)26-29-13-22(30-26)17-6-8-19(16-4-5-16)21(28)11-17/h6-9,11-16,23,25,32H,4-5,10H2,1-3H3,(H,29,30). The van der Waals surface area contributed by atoms with Gasteiger partial charge in [0, 0.05) is 33.1 Å². The lowest BCUT2D eigenvalue weighted by molar-refractivity contribution is 0.120. The molecule has 0 bridgehead atoms. The van der Waals surface area contributed by atoms with Crippen molar-refractivity contribution in [1.29, 1.82) is 0 Å². The third-order valence-corrected chi connectivity index (χ3v) is 8.82. The molecule has 5 rings (SSSR count). The number of halogens is 2. The summed E-state index contributed by atoms with van der Waals surface area (Å²) < 4.78 is 2.30. The first-order valence-corrected chi connectivity index (χ1v) is 13.1. The third-order valence-electron chi connectivity index (χ3n) is 6.70. The third kappa shape index (κ3) is 4.71. The maximum Gasteiger partial charge on any atom is 0.137 e. The second-order valence-electron chi connectivity index (χ2n) is 9.64. The summed E-state index contributed by atoms with van der Waals surface area (Å²) in [5.74, 6) is 1.77. The van der Waals surface area contributed by atoms with Crippen molar-refractivity contribution in [3.63, 3.8) is 0 Å². The minimum absolute atomic E-state index is 0.100. The zero-order valence-corrected chi connectivity index (χ0v) is 21.4. The van der Waals surface area contributed by atoms with Crippen molar-refractivity contribution in [2.45, 2.75) is 69.0 Å². The molecule has 2 aliphatic rings. The number of benzene rings is 2. The Hall–Kier alpha value is -1.50. The van der Waals surface area contributed by atoms with Crippen molar-refractivity contribution >= 4 is 35.1 Å². The molecule has 1 aromatic heterocycles. The van der Waals surface area contributed by atoms with Gasteiger partial charge in [-0.25, -0.2) is 9.29 Å². The van der Waals surface area contributed by atoms with Gasteiger partial charge >= 0.3 is 0 Å². The molecule has 0 amide bonds. The van der Waals surface area contributed by atoms with Crippen LogP contribution < -0.4 is 0 Å². The minimum atomic E-state index is -0.319. The predicted octanol–water partition coefficient (Wildman–Crippen LogP) is 7.41. The highest BCUT2D eigenvalue weighted by Gasteiger charge is 2.40. The summed E-state index contributed by atoms with van der Waals surface area (Å²) in [4.78, 5) is 9.04. The van der Waals surface area contributed by atoms with Crippen LogP contribution in [0.2, 0.25) is 10.0 Å². The lowest BCUT2D eigenvalue weighted by Crippen LogP contribution is -2.37. The van der Waals surface area contributed by atoms with Gasteiger partial charge in [0.15, 0.2) is 0 Å². The molecule has 4 nitrogen and oxygen atoms in total. The molecule has 3 aromatic rings. The highest BCUT2D eigenvalue weighted by Crippen LogP contribution is 2.44. The Bertz CT molecular complexity index is 1160. The summed E-state index contributed by atoms with van der Waals surface area (Å²) in [6, 6.07) is 12.6. The molecule has 1 aliphatic carbocycles. The number of nitrogens with zero attached hydrogens (tertiary/aromatic N) is 2. The zero-order valence-electron chi connectivity index (χ0n) is 19.1. The van der Waals surface area contributed by atoms with Gasteiger partial charge < -0.3 is 10.1 Å². The lowest BCUT2D eigenvalue weighted by atomic mass is 10.0. The smallest absolute Gasteiger partial charge is 0.137 e. The fraction of sp³-hybridized carbons (Fsp3) is 0.423. The average molecular weight is 503 g/mol. The molecule has 0 spiro atoms. The molecule has 0 radical (unpaired) electrons. The number of aliphatic hydroxyl groups is 1. The molecule has 2 N–H and O–H groups in total. The summed E-state index contributed by atoms with van der Waals surface area (Å²) in [7, 11) is 0. The second-order valence-corrected chi connectivity index (χ2v) is 11.5. The molecule has 3 atom stereocenters. The Balaban J connectivity index is 1.40. The Morgan fingerprint density at radius 3 is 2.55 bits per heavy atom. The van der Waals surface area contributed by atoms with E-state index in [0.29, 0.717) is 16.9 Å². The number of hydrogen-bond acceptors (Lipinski definition) is 4. The first kappa shape index (κ1) is 23.3. The van der Waals surface area contributed by atoms with Gasteiger partial charge in [-0.1, -0.05) is 49.2 Å². The van der Waals surface area contributed by atoms with E-state index in [9.17, 15) is 5.11 Å². The van der Waals surface area contributed by atoms with Crippen LogP contribution in [-0.4, -0.2) is 37.6 Å². The quantitative estimate of drug-likeness (QED) is 0.345. The lowest BCUT2D eigenvalue weighted by Gasteiger charge is -2.30. The van der Waals surface area contributed by atoms with Gasteiger partial charge in [-0.3, -0.25) is 0 Å². The van der Waals surface area contributed by atoms with Crippen molar-refractivity contribution < 1.29 is 5.11 Å². The SMILES string of the molecule is CC(C)C1C(O)CC(C)N1Sc1cc(-c2ncc(-c3ccc(C4CC4)c(Cl)c3)[nH]2)ccc1Cl. The normalized spacial score (nSPS) is 23.5. The van der Waals surface area contributed by atoms with E-state index in [1.165, 1.54) is 18.4 Å². The van der Waals surface area contributed by atoms with E-state index in [4.69, 9.17) is 23.2 Å². The van der Waals surface area contributed by atoms with Crippen LogP contribution in [0.5, 0.6) is 0 Å². The Kier molecular flexibility index (Phi) is 6.53. The fourth-order valence-electron chi connectivity index (χ4n) is 4.81. The van der Waals surface area contributed by atoms with Crippen molar-refractivity contribution in [2.24, 2.45) is 5.92 Å². The molecule has 33 heavy (non-hydrogen) atoms. The highest BCUT2D eigenvalue weighted by atomic mass is 35.5. The highest BCUT2D eigenvalue weighted by molar-refractivity contribution is 7.97. The molecular formula is C26H29Cl2N3OS. The number of hydrogen-bond donors (Lipinski definition) is 2. The summed E-state index contributed by atoms with van der Waals surface area (Å²) in [5, 5.41) is 12.1. The van der Waals surface area contributed by atoms with Gasteiger partial charge in [0.25, 0.3) is 0 Å². The van der Waals surface area contributed by atoms with Crippen molar-refractivity contribution in [1.82, 2.24) is 14.3 Å². The van der Waals surface area contributed by atoms with Crippen molar-refractivity contribution in [3.05, 3.63) is 58.2 Å². The Labute approximate surface area is 209 Å². The van der Waals surface area contributed by atoms with Crippen LogP contribution in [0, 0.1) is 5.92 Å². The molecular weight excluding hydrogens is 473 g/mol. The molecule has 2 fully saturated rings. The Morgan fingerprint density at radius 1 is 1.09 bits per heavy atom. The van der Waals surface area contributed by atoms with E-state index in [0.717, 1.165) is 39.0 Å². The van der Waals surface area contributed by atoms with Crippen LogP contribution >= 0.6 is 35.1 Å². The minimum Gasteiger partial charge on any atom is -0.391 e. The summed E-state index contributed by atoms with van der Waals surface area (Å²) in [6.07, 6.45) is 4.78. The molecule has 2 heterocycles. The number of imidazole rings is 1. The van der Waals surface area contributed by atoms with Crippen LogP contribution in [-0.2, 0) is 0 Å². The van der Waals surface area contributed by atoms with Crippen LogP contribution in [0.15, 0.2) is 47.5 Å². The van der Waals surface area contributed by atoms with Gasteiger partial charge in [0.1, 0.15) is 5.82 Å². The van der Waals surface area contributed by atoms with E-state index in [1.807, 2.05) is 24.4 Å². The maximum absolute atomic E-state index is 10.5.